The number of H-pyrrole nitrogens is 1. The highest BCUT2D eigenvalue weighted by atomic mass is 16.4. The monoisotopic (exact) mass is 265 g/mol. The molecule has 1 amide bonds. The highest BCUT2D eigenvalue weighted by molar-refractivity contribution is 5.91. The molecule has 0 atom stereocenters. The smallest absolute Gasteiger partial charge is 0.303 e. The van der Waals surface area contributed by atoms with Crippen molar-refractivity contribution in [1.82, 2.24) is 15.3 Å². The Hall–Kier alpha value is -2.18. The van der Waals surface area contributed by atoms with Crippen molar-refractivity contribution in [3.05, 3.63) is 28.4 Å². The fraction of sp³-hybridized carbons (Fsp3) is 0.500. The molecule has 1 fully saturated rings. The molecular formula is C12H15N3O4. The Morgan fingerprint density at radius 2 is 2.21 bits per heavy atom. The maximum Gasteiger partial charge on any atom is 0.303 e. The molecule has 1 heterocycles. The van der Waals surface area contributed by atoms with E-state index < -0.39 is 11.9 Å². The maximum absolute atomic E-state index is 11.8. The minimum absolute atomic E-state index is 0.0618. The van der Waals surface area contributed by atoms with Gasteiger partial charge in [0.05, 0.1) is 12.6 Å². The van der Waals surface area contributed by atoms with Gasteiger partial charge in [-0.1, -0.05) is 6.42 Å². The van der Waals surface area contributed by atoms with Crippen molar-refractivity contribution in [1.29, 1.82) is 0 Å². The molecule has 0 bridgehead atoms. The van der Waals surface area contributed by atoms with Gasteiger partial charge in [0.2, 0.25) is 0 Å². The van der Waals surface area contributed by atoms with Gasteiger partial charge in [0.25, 0.3) is 11.5 Å². The maximum atomic E-state index is 11.8. The number of carboxylic acids is 1. The molecule has 0 aliphatic heterocycles. The van der Waals surface area contributed by atoms with Crippen LogP contribution in [0.25, 0.3) is 0 Å². The van der Waals surface area contributed by atoms with Crippen LogP contribution < -0.4 is 10.9 Å². The van der Waals surface area contributed by atoms with Gasteiger partial charge in [0, 0.05) is 12.7 Å². The normalized spacial score (nSPS) is 16.4. The van der Waals surface area contributed by atoms with Crippen molar-refractivity contribution in [3.8, 4) is 0 Å². The van der Waals surface area contributed by atoms with Crippen LogP contribution in [-0.4, -0.2) is 33.5 Å². The summed E-state index contributed by atoms with van der Waals surface area (Å²) in [5, 5.41) is 11.5. The predicted molar refractivity (Wildman–Crippen MR) is 65.7 cm³/mol. The molecule has 1 aromatic rings. The molecule has 0 unspecified atom stereocenters. The summed E-state index contributed by atoms with van der Waals surface area (Å²) in [6, 6.07) is 0. The van der Waals surface area contributed by atoms with Gasteiger partial charge in [-0.2, -0.15) is 0 Å². The van der Waals surface area contributed by atoms with E-state index in [-0.39, 0.29) is 23.1 Å². The van der Waals surface area contributed by atoms with Crippen LogP contribution in [0.4, 0.5) is 0 Å². The molecule has 0 aromatic carbocycles. The zero-order valence-electron chi connectivity index (χ0n) is 10.3. The highest BCUT2D eigenvalue weighted by Gasteiger charge is 2.39. The molecule has 3 N–H and O–H groups in total. The van der Waals surface area contributed by atoms with Crippen molar-refractivity contribution in [2.75, 3.05) is 6.54 Å². The number of nitrogens with one attached hydrogen (secondary N) is 2. The van der Waals surface area contributed by atoms with Crippen LogP contribution in [0, 0.1) is 5.41 Å². The van der Waals surface area contributed by atoms with Crippen LogP contribution >= 0.6 is 0 Å². The van der Waals surface area contributed by atoms with Crippen LogP contribution in [-0.2, 0) is 4.79 Å². The molecular weight excluding hydrogens is 250 g/mol. The summed E-state index contributed by atoms with van der Waals surface area (Å²) in [5.74, 6) is -1.26. The van der Waals surface area contributed by atoms with E-state index in [0.717, 1.165) is 25.5 Å². The predicted octanol–water partition coefficient (Wildman–Crippen LogP) is 0.145. The van der Waals surface area contributed by atoms with E-state index in [4.69, 9.17) is 5.11 Å². The van der Waals surface area contributed by atoms with Crippen molar-refractivity contribution >= 4 is 11.9 Å². The number of rotatable bonds is 5. The summed E-state index contributed by atoms with van der Waals surface area (Å²) in [7, 11) is 0. The third-order valence-corrected chi connectivity index (χ3v) is 3.47. The van der Waals surface area contributed by atoms with Crippen LogP contribution in [0.1, 0.15) is 36.2 Å². The minimum Gasteiger partial charge on any atom is -0.481 e. The van der Waals surface area contributed by atoms with E-state index in [1.54, 1.807) is 0 Å². The van der Waals surface area contributed by atoms with E-state index in [9.17, 15) is 14.4 Å². The zero-order chi connectivity index (χ0) is 13.9. The Morgan fingerprint density at radius 3 is 2.68 bits per heavy atom. The van der Waals surface area contributed by atoms with Gasteiger partial charge < -0.3 is 15.4 Å². The van der Waals surface area contributed by atoms with E-state index in [2.05, 4.69) is 15.3 Å². The fourth-order valence-corrected chi connectivity index (χ4v) is 2.24. The second-order valence-electron chi connectivity index (χ2n) is 4.90. The molecule has 1 aromatic heterocycles. The third-order valence-electron chi connectivity index (χ3n) is 3.47. The third kappa shape index (κ3) is 3.18. The number of nitrogens with zero attached hydrogens (tertiary/aromatic N) is 1. The van der Waals surface area contributed by atoms with Crippen molar-refractivity contribution < 1.29 is 14.7 Å². The van der Waals surface area contributed by atoms with E-state index in [0.29, 0.717) is 6.54 Å². The number of carbonyl (C=O) groups is 2. The Labute approximate surface area is 109 Å². The summed E-state index contributed by atoms with van der Waals surface area (Å²) in [5.41, 5.74) is -0.591. The average molecular weight is 265 g/mol. The number of amides is 1. The zero-order valence-corrected chi connectivity index (χ0v) is 10.3. The lowest BCUT2D eigenvalue weighted by Crippen LogP contribution is -2.43. The molecule has 1 saturated carbocycles. The Morgan fingerprint density at radius 1 is 1.47 bits per heavy atom. The molecule has 2 rings (SSSR count). The molecule has 0 saturated heterocycles. The minimum atomic E-state index is -0.851. The van der Waals surface area contributed by atoms with Crippen LogP contribution in [0.3, 0.4) is 0 Å². The first-order valence-corrected chi connectivity index (χ1v) is 6.06. The van der Waals surface area contributed by atoms with Gasteiger partial charge in [0.15, 0.2) is 0 Å². The van der Waals surface area contributed by atoms with Crippen molar-refractivity contribution in [3.63, 3.8) is 0 Å². The van der Waals surface area contributed by atoms with Crippen LogP contribution in [0.2, 0.25) is 0 Å². The molecule has 1 aliphatic rings. The standard InChI is InChI=1S/C12H15N3O4/c16-9-6-13-8(5-14-9)11(19)15-7-12(2-1-3-12)4-10(17)18/h5-6H,1-4,7H2,(H,14,16)(H,15,19)(H,17,18). The van der Waals surface area contributed by atoms with Gasteiger partial charge in [-0.15, -0.1) is 0 Å². The molecule has 0 spiro atoms. The van der Waals surface area contributed by atoms with Gasteiger partial charge in [-0.3, -0.25) is 14.4 Å². The number of aromatic amines is 1. The van der Waals surface area contributed by atoms with E-state index in [1.165, 1.54) is 6.20 Å². The second-order valence-corrected chi connectivity index (χ2v) is 4.90. The van der Waals surface area contributed by atoms with Crippen molar-refractivity contribution in [2.45, 2.75) is 25.7 Å². The van der Waals surface area contributed by atoms with Gasteiger partial charge in [0.1, 0.15) is 5.69 Å². The molecule has 7 heteroatoms. The number of aliphatic carboxylic acids is 1. The van der Waals surface area contributed by atoms with Crippen LogP contribution in [0.15, 0.2) is 17.2 Å². The number of hydrogen-bond acceptors (Lipinski definition) is 4. The Balaban J connectivity index is 1.94. The lowest BCUT2D eigenvalue weighted by molar-refractivity contribution is -0.141. The molecule has 102 valence electrons. The van der Waals surface area contributed by atoms with Crippen molar-refractivity contribution in [2.24, 2.45) is 5.41 Å². The highest BCUT2D eigenvalue weighted by Crippen LogP contribution is 2.43. The van der Waals surface area contributed by atoms with Gasteiger partial charge in [-0.05, 0) is 18.3 Å². The van der Waals surface area contributed by atoms with Gasteiger partial charge >= 0.3 is 5.97 Å². The molecule has 19 heavy (non-hydrogen) atoms. The lowest BCUT2D eigenvalue weighted by Gasteiger charge is -2.40. The van der Waals surface area contributed by atoms with E-state index in [1.807, 2.05) is 0 Å². The number of aromatic nitrogens is 2. The molecule has 0 radical (unpaired) electrons. The summed E-state index contributed by atoms with van der Waals surface area (Å²) in [6.07, 6.45) is 4.93. The largest absolute Gasteiger partial charge is 0.481 e. The SMILES string of the molecule is O=C(O)CC1(CNC(=O)c2c[nH]c(=O)cn2)CCC1. The Kier molecular flexibility index (Phi) is 3.64. The first-order chi connectivity index (χ1) is 9.01. The number of hydrogen-bond donors (Lipinski definition) is 3. The fourth-order valence-electron chi connectivity index (χ4n) is 2.24. The quantitative estimate of drug-likeness (QED) is 0.701. The number of carboxylic acid groups (broad SMARTS) is 1. The van der Waals surface area contributed by atoms with Crippen LogP contribution in [0.5, 0.6) is 0 Å². The van der Waals surface area contributed by atoms with Gasteiger partial charge in [-0.25, -0.2) is 4.98 Å². The first-order valence-electron chi connectivity index (χ1n) is 6.06. The van der Waals surface area contributed by atoms with E-state index >= 15 is 0 Å². The summed E-state index contributed by atoms with van der Waals surface area (Å²) >= 11 is 0. The summed E-state index contributed by atoms with van der Waals surface area (Å²) < 4.78 is 0. The molecule has 7 nitrogen and oxygen atoms in total. The average Bonchev–Trinajstić information content (AvgIpc) is 2.32. The number of carbonyl (C=O) groups excluding carboxylic acids is 1. The Bertz CT molecular complexity index is 528. The second kappa shape index (κ2) is 5.21. The topological polar surface area (TPSA) is 112 Å². The lowest BCUT2D eigenvalue weighted by atomic mass is 9.66. The summed E-state index contributed by atoms with van der Waals surface area (Å²) in [6.45, 7) is 0.318. The first kappa shape index (κ1) is 13.3. The summed E-state index contributed by atoms with van der Waals surface area (Å²) in [4.78, 5) is 39.5. The molecule has 1 aliphatic carbocycles.